The molecule has 0 aliphatic carbocycles. The summed E-state index contributed by atoms with van der Waals surface area (Å²) in [6, 6.07) is 37.2. The Bertz CT molecular complexity index is 1180. The second-order valence-electron chi connectivity index (χ2n) is 9.33. The highest BCUT2D eigenvalue weighted by Gasteiger charge is 2.47. The molecule has 154 valence electrons. The molecule has 0 saturated carbocycles. The molecule has 0 aromatic heterocycles. The predicted octanol–water partition coefficient (Wildman–Crippen LogP) is 6.55. The van der Waals surface area contributed by atoms with E-state index in [0.29, 0.717) is 0 Å². The van der Waals surface area contributed by atoms with Crippen LogP contribution in [0.4, 0.5) is 0 Å². The average Bonchev–Trinajstić information content (AvgIpc) is 2.79. The van der Waals surface area contributed by atoms with Crippen molar-refractivity contribution in [2.24, 2.45) is 0 Å². The van der Waals surface area contributed by atoms with Crippen LogP contribution in [0.15, 0.2) is 103 Å². The van der Waals surface area contributed by atoms with Crippen LogP contribution in [0.2, 0.25) is 5.04 Å². The molecular formula is C30H30Si. The topological polar surface area (TPSA) is 0 Å². The fourth-order valence-corrected chi connectivity index (χ4v) is 9.06. The maximum atomic E-state index is 3.94. The van der Waals surface area contributed by atoms with Crippen LogP contribution in [-0.2, 0) is 0 Å². The van der Waals surface area contributed by atoms with E-state index in [1.54, 1.807) is 0 Å². The third-order valence-corrected chi connectivity index (χ3v) is 11.5. The lowest BCUT2D eigenvalue weighted by atomic mass is 9.98. The molecule has 0 fully saturated rings. The monoisotopic (exact) mass is 418 g/mol. The number of benzene rings is 4. The Labute approximate surface area is 188 Å². The Kier molecular flexibility index (Phi) is 5.85. The van der Waals surface area contributed by atoms with Crippen LogP contribution in [-0.4, -0.2) is 8.07 Å². The normalized spacial score (nSPS) is 12.8. The van der Waals surface area contributed by atoms with E-state index in [4.69, 9.17) is 0 Å². The fraction of sp³-hybridized carbons (Fsp3) is 0.200. The van der Waals surface area contributed by atoms with E-state index in [-0.39, 0.29) is 11.0 Å². The number of hydrogen-bond acceptors (Lipinski definition) is 0. The molecule has 4 rings (SSSR count). The SMILES string of the molecule is C[C@H](C#C[Si](c1ccccc1)(c1ccccc1)C(C)(C)C)c1ccc2ccccc2c1. The molecule has 4 aromatic carbocycles. The predicted molar refractivity (Wildman–Crippen MR) is 138 cm³/mol. The molecule has 0 nitrogen and oxygen atoms in total. The molecule has 1 heteroatoms. The van der Waals surface area contributed by atoms with E-state index in [1.807, 2.05) is 0 Å². The zero-order valence-electron chi connectivity index (χ0n) is 18.9. The molecule has 0 aliphatic rings. The molecule has 31 heavy (non-hydrogen) atoms. The highest BCUT2D eigenvalue weighted by molar-refractivity contribution is 7.10. The van der Waals surface area contributed by atoms with Crippen molar-refractivity contribution in [3.8, 4) is 11.5 Å². The van der Waals surface area contributed by atoms with Crippen molar-refractivity contribution in [3.63, 3.8) is 0 Å². The summed E-state index contributed by atoms with van der Waals surface area (Å²) >= 11 is 0. The fourth-order valence-electron chi connectivity index (χ4n) is 4.52. The van der Waals surface area contributed by atoms with E-state index >= 15 is 0 Å². The van der Waals surface area contributed by atoms with Gasteiger partial charge in [-0.2, -0.15) is 0 Å². The molecular weight excluding hydrogens is 388 g/mol. The summed E-state index contributed by atoms with van der Waals surface area (Å²) in [5.74, 6) is 3.89. The molecule has 0 aliphatic heterocycles. The minimum Gasteiger partial charge on any atom is -0.119 e. The third-order valence-electron chi connectivity index (χ3n) is 6.29. The van der Waals surface area contributed by atoms with Crippen LogP contribution in [0.5, 0.6) is 0 Å². The van der Waals surface area contributed by atoms with Gasteiger partial charge in [0.2, 0.25) is 8.07 Å². The number of fused-ring (bicyclic) bond motifs is 1. The zero-order chi connectivity index (χ0) is 21.9. The average molecular weight is 419 g/mol. The van der Waals surface area contributed by atoms with Crippen LogP contribution in [0.3, 0.4) is 0 Å². The van der Waals surface area contributed by atoms with E-state index in [2.05, 4.69) is 142 Å². The lowest BCUT2D eigenvalue weighted by molar-refractivity contribution is 0.740. The first-order valence-corrected chi connectivity index (χ1v) is 13.0. The van der Waals surface area contributed by atoms with Gasteiger partial charge in [0.05, 0.1) is 0 Å². The summed E-state index contributed by atoms with van der Waals surface area (Å²) in [6.07, 6.45) is 0. The highest BCUT2D eigenvalue weighted by atomic mass is 28.3. The number of rotatable bonds is 3. The molecule has 0 saturated heterocycles. The highest BCUT2D eigenvalue weighted by Crippen LogP contribution is 2.35. The Hall–Kier alpha value is -3.08. The van der Waals surface area contributed by atoms with Gasteiger partial charge in [-0.1, -0.05) is 118 Å². The van der Waals surface area contributed by atoms with E-state index in [9.17, 15) is 0 Å². The van der Waals surface area contributed by atoms with Crippen molar-refractivity contribution in [3.05, 3.63) is 109 Å². The quantitative estimate of drug-likeness (QED) is 0.261. The largest absolute Gasteiger partial charge is 0.204 e. The zero-order valence-corrected chi connectivity index (χ0v) is 19.9. The van der Waals surface area contributed by atoms with Gasteiger partial charge >= 0.3 is 0 Å². The van der Waals surface area contributed by atoms with Gasteiger partial charge in [-0.15, -0.1) is 11.5 Å². The summed E-state index contributed by atoms with van der Waals surface area (Å²) < 4.78 is 0. The van der Waals surface area contributed by atoms with Crippen LogP contribution in [0.1, 0.15) is 39.2 Å². The van der Waals surface area contributed by atoms with E-state index in [0.717, 1.165) is 0 Å². The summed E-state index contributed by atoms with van der Waals surface area (Å²) in [5, 5.41) is 5.36. The van der Waals surface area contributed by atoms with Gasteiger partial charge in [0.25, 0.3) is 0 Å². The summed E-state index contributed by atoms with van der Waals surface area (Å²) in [7, 11) is -2.36. The second kappa shape index (κ2) is 8.58. The minimum atomic E-state index is -2.36. The van der Waals surface area contributed by atoms with Gasteiger partial charge in [-0.25, -0.2) is 0 Å². The van der Waals surface area contributed by atoms with Gasteiger partial charge < -0.3 is 0 Å². The molecule has 4 aromatic rings. The molecule has 0 unspecified atom stereocenters. The first-order valence-electron chi connectivity index (χ1n) is 11.0. The van der Waals surface area contributed by atoms with Crippen molar-refractivity contribution in [2.45, 2.75) is 38.7 Å². The Morgan fingerprint density at radius 3 is 1.71 bits per heavy atom. The van der Waals surface area contributed by atoms with Gasteiger partial charge in [-0.3, -0.25) is 0 Å². The van der Waals surface area contributed by atoms with Crippen LogP contribution < -0.4 is 10.4 Å². The van der Waals surface area contributed by atoms with Crippen molar-refractivity contribution in [1.82, 2.24) is 0 Å². The summed E-state index contributed by atoms with van der Waals surface area (Å²) in [6.45, 7) is 9.30. The molecule has 0 radical (unpaired) electrons. The Morgan fingerprint density at radius 2 is 1.16 bits per heavy atom. The molecule has 0 heterocycles. The third kappa shape index (κ3) is 4.09. The Balaban J connectivity index is 1.86. The van der Waals surface area contributed by atoms with Gasteiger partial charge in [0.15, 0.2) is 0 Å². The summed E-state index contributed by atoms with van der Waals surface area (Å²) in [5.41, 5.74) is 5.22. The van der Waals surface area contributed by atoms with Crippen molar-refractivity contribution in [1.29, 1.82) is 0 Å². The second-order valence-corrected chi connectivity index (χ2v) is 13.7. The molecule has 1 atom stereocenters. The standard InChI is InChI=1S/C30H30Si/c1-24(26-20-19-25-13-11-12-14-27(25)23-26)21-22-31(30(2,3)4,28-15-7-5-8-16-28)29-17-9-6-10-18-29/h5-20,23-24H,1-4H3/t24-/m1/s1. The van der Waals surface area contributed by atoms with Gasteiger partial charge in [0.1, 0.15) is 0 Å². The van der Waals surface area contributed by atoms with Gasteiger partial charge in [0, 0.05) is 5.92 Å². The maximum Gasteiger partial charge on any atom is 0.204 e. The van der Waals surface area contributed by atoms with Crippen LogP contribution in [0.25, 0.3) is 10.8 Å². The number of hydrogen-bond donors (Lipinski definition) is 0. The summed E-state index contributed by atoms with van der Waals surface area (Å²) in [4.78, 5) is 0. The van der Waals surface area contributed by atoms with E-state index in [1.165, 1.54) is 26.7 Å². The molecule has 0 N–H and O–H groups in total. The molecule has 0 amide bonds. The maximum absolute atomic E-state index is 3.94. The van der Waals surface area contributed by atoms with E-state index < -0.39 is 8.07 Å². The van der Waals surface area contributed by atoms with Crippen LogP contribution in [0, 0.1) is 11.5 Å². The minimum absolute atomic E-state index is 0.0474. The van der Waals surface area contributed by atoms with Crippen LogP contribution >= 0.6 is 0 Å². The lowest BCUT2D eigenvalue weighted by Crippen LogP contribution is -2.63. The molecule has 0 spiro atoms. The van der Waals surface area contributed by atoms with Crippen molar-refractivity contribution < 1.29 is 0 Å². The van der Waals surface area contributed by atoms with Crippen molar-refractivity contribution in [2.75, 3.05) is 0 Å². The van der Waals surface area contributed by atoms with Gasteiger partial charge in [-0.05, 0) is 44.7 Å². The smallest absolute Gasteiger partial charge is 0.119 e. The Morgan fingerprint density at radius 1 is 0.645 bits per heavy atom. The first-order chi connectivity index (χ1) is 14.9. The lowest BCUT2D eigenvalue weighted by Gasteiger charge is -2.39. The van der Waals surface area contributed by atoms with Crippen molar-refractivity contribution >= 4 is 29.2 Å². The first kappa shape index (κ1) is 21.2. The molecule has 0 bridgehead atoms.